The fourth-order valence-corrected chi connectivity index (χ4v) is 2.74. The van der Waals surface area contributed by atoms with Gasteiger partial charge in [-0.3, -0.25) is 9.88 Å². The van der Waals surface area contributed by atoms with Crippen molar-refractivity contribution < 1.29 is 18.0 Å². The van der Waals surface area contributed by atoms with Crippen molar-refractivity contribution in [1.29, 1.82) is 0 Å². The van der Waals surface area contributed by atoms with Gasteiger partial charge in [0.25, 0.3) is 0 Å². The van der Waals surface area contributed by atoms with Crippen LogP contribution in [0.3, 0.4) is 0 Å². The standard InChI is InChI=1S/C14H15ClF3N5OS/c1-2-22(13(24)20-9-25-8-14(16,17)18)11-7-23(21-12(11)15)10-4-3-5-19-6-10/h3-7H,2,8-9H2,1H3,(H,20,24). The van der Waals surface area contributed by atoms with Gasteiger partial charge in [0.15, 0.2) is 5.15 Å². The zero-order valence-electron chi connectivity index (χ0n) is 13.1. The number of aromatic nitrogens is 3. The molecular formula is C14H15ClF3N5OS. The van der Waals surface area contributed by atoms with Crippen molar-refractivity contribution in [3.63, 3.8) is 0 Å². The first kappa shape index (κ1) is 19.4. The summed E-state index contributed by atoms with van der Waals surface area (Å²) in [7, 11) is 0. The maximum atomic E-state index is 12.2. The van der Waals surface area contributed by atoms with Gasteiger partial charge in [-0.15, -0.1) is 11.8 Å². The maximum absolute atomic E-state index is 12.2. The summed E-state index contributed by atoms with van der Waals surface area (Å²) in [6, 6.07) is 2.95. The Kier molecular flexibility index (Phi) is 6.54. The zero-order valence-corrected chi connectivity index (χ0v) is 14.7. The van der Waals surface area contributed by atoms with Crippen molar-refractivity contribution in [2.24, 2.45) is 0 Å². The summed E-state index contributed by atoms with van der Waals surface area (Å²) >= 11 is 6.68. The first-order valence-electron chi connectivity index (χ1n) is 7.17. The molecule has 0 unspecified atom stereocenters. The van der Waals surface area contributed by atoms with Gasteiger partial charge in [-0.2, -0.15) is 18.3 Å². The Morgan fingerprint density at radius 1 is 1.48 bits per heavy atom. The molecular weight excluding hydrogens is 379 g/mol. The van der Waals surface area contributed by atoms with E-state index in [9.17, 15) is 18.0 Å². The van der Waals surface area contributed by atoms with Crippen molar-refractivity contribution in [2.45, 2.75) is 13.1 Å². The minimum absolute atomic E-state index is 0.101. The number of rotatable bonds is 6. The molecule has 1 N–H and O–H groups in total. The quantitative estimate of drug-likeness (QED) is 0.600. The van der Waals surface area contributed by atoms with Crippen LogP contribution in [0, 0.1) is 0 Å². The monoisotopic (exact) mass is 393 g/mol. The molecule has 0 aliphatic rings. The third-order valence-electron chi connectivity index (χ3n) is 3.01. The highest BCUT2D eigenvalue weighted by Crippen LogP contribution is 2.26. The van der Waals surface area contributed by atoms with Crippen molar-refractivity contribution in [2.75, 3.05) is 23.1 Å². The Hall–Kier alpha value is -1.94. The predicted octanol–water partition coefficient (Wildman–Crippen LogP) is 3.71. The lowest BCUT2D eigenvalue weighted by Crippen LogP contribution is -2.40. The number of pyridine rings is 1. The van der Waals surface area contributed by atoms with Crippen LogP contribution < -0.4 is 10.2 Å². The molecule has 0 aliphatic heterocycles. The summed E-state index contributed by atoms with van der Waals surface area (Å²) in [5.74, 6) is -1.19. The molecule has 2 aromatic heterocycles. The maximum Gasteiger partial charge on any atom is 0.397 e. The molecule has 0 bridgehead atoms. The highest BCUT2D eigenvalue weighted by Gasteiger charge is 2.27. The predicted molar refractivity (Wildman–Crippen MR) is 91.3 cm³/mol. The van der Waals surface area contributed by atoms with E-state index in [1.54, 1.807) is 37.6 Å². The average Bonchev–Trinajstić information content (AvgIpc) is 2.94. The molecule has 6 nitrogen and oxygen atoms in total. The molecule has 11 heteroatoms. The number of nitrogens with one attached hydrogen (secondary N) is 1. The Bertz CT molecular complexity index is 710. The van der Waals surface area contributed by atoms with E-state index in [2.05, 4.69) is 15.4 Å². The second-order valence-corrected chi connectivity index (χ2v) is 6.14. The van der Waals surface area contributed by atoms with Gasteiger partial charge in [0, 0.05) is 12.7 Å². The van der Waals surface area contributed by atoms with E-state index >= 15 is 0 Å². The lowest BCUT2D eigenvalue weighted by atomic mass is 10.4. The number of nitrogens with zero attached hydrogens (tertiary/aromatic N) is 4. The van der Waals surface area contributed by atoms with Crippen molar-refractivity contribution in [3.8, 4) is 5.69 Å². The zero-order chi connectivity index (χ0) is 18.4. The summed E-state index contributed by atoms with van der Waals surface area (Å²) < 4.78 is 37.8. The van der Waals surface area contributed by atoms with Crippen LogP contribution in [0.1, 0.15) is 6.92 Å². The molecule has 0 fully saturated rings. The first-order valence-corrected chi connectivity index (χ1v) is 8.70. The van der Waals surface area contributed by atoms with Gasteiger partial charge in [-0.05, 0) is 19.1 Å². The number of halogens is 4. The number of carbonyl (C=O) groups is 1. The number of hydrogen-bond donors (Lipinski definition) is 1. The lowest BCUT2D eigenvalue weighted by Gasteiger charge is -2.20. The summed E-state index contributed by atoms with van der Waals surface area (Å²) in [4.78, 5) is 17.5. The molecule has 0 aromatic carbocycles. The summed E-state index contributed by atoms with van der Waals surface area (Å²) in [5, 5.41) is 6.65. The van der Waals surface area contributed by atoms with E-state index in [4.69, 9.17) is 11.6 Å². The Morgan fingerprint density at radius 3 is 2.84 bits per heavy atom. The van der Waals surface area contributed by atoms with Gasteiger partial charge >= 0.3 is 12.2 Å². The molecule has 0 saturated heterocycles. The fraction of sp³-hybridized carbons (Fsp3) is 0.357. The van der Waals surface area contributed by atoms with Crippen molar-refractivity contribution >= 4 is 35.1 Å². The number of amides is 2. The largest absolute Gasteiger partial charge is 0.397 e. The summed E-state index contributed by atoms with van der Waals surface area (Å²) in [6.45, 7) is 1.99. The molecule has 0 radical (unpaired) electrons. The normalized spacial score (nSPS) is 11.4. The SMILES string of the molecule is CCN(C(=O)NCSCC(F)(F)F)c1cn(-c2cccnc2)nc1Cl. The molecule has 136 valence electrons. The summed E-state index contributed by atoms with van der Waals surface area (Å²) in [5.41, 5.74) is 1.01. The third-order valence-corrected chi connectivity index (χ3v) is 4.15. The van der Waals surface area contributed by atoms with Gasteiger partial charge in [0.2, 0.25) is 0 Å². The Labute approximate surface area is 151 Å². The average molecular weight is 394 g/mol. The van der Waals surface area contributed by atoms with Crippen LogP contribution in [0.25, 0.3) is 5.69 Å². The van der Waals surface area contributed by atoms with Crippen LogP contribution in [-0.4, -0.2) is 45.1 Å². The molecule has 2 heterocycles. The highest BCUT2D eigenvalue weighted by molar-refractivity contribution is 7.99. The number of hydrogen-bond acceptors (Lipinski definition) is 4. The van der Waals surface area contributed by atoms with Crippen LogP contribution in [0.5, 0.6) is 0 Å². The highest BCUT2D eigenvalue weighted by atomic mass is 35.5. The van der Waals surface area contributed by atoms with E-state index in [1.165, 1.54) is 9.58 Å². The minimum Gasteiger partial charge on any atom is -0.329 e. The molecule has 2 aromatic rings. The Morgan fingerprint density at radius 2 is 2.24 bits per heavy atom. The molecule has 0 atom stereocenters. The van der Waals surface area contributed by atoms with Gasteiger partial charge in [-0.25, -0.2) is 9.48 Å². The van der Waals surface area contributed by atoms with E-state index in [0.29, 0.717) is 23.1 Å². The lowest BCUT2D eigenvalue weighted by molar-refractivity contribution is -0.105. The molecule has 0 aliphatic carbocycles. The van der Waals surface area contributed by atoms with Gasteiger partial charge < -0.3 is 5.32 Å². The second-order valence-electron chi connectivity index (χ2n) is 4.80. The number of alkyl halides is 3. The second kappa shape index (κ2) is 8.43. The first-order chi connectivity index (χ1) is 11.8. The van der Waals surface area contributed by atoms with Gasteiger partial charge in [0.1, 0.15) is 5.69 Å². The third kappa shape index (κ3) is 5.53. The van der Waals surface area contributed by atoms with Gasteiger partial charge in [-0.1, -0.05) is 11.6 Å². The summed E-state index contributed by atoms with van der Waals surface area (Å²) in [6.07, 6.45) is 0.483. The number of thioether (sulfide) groups is 1. The molecule has 0 spiro atoms. The topological polar surface area (TPSA) is 63.1 Å². The van der Waals surface area contributed by atoms with Crippen molar-refractivity contribution in [3.05, 3.63) is 35.9 Å². The fourth-order valence-electron chi connectivity index (χ4n) is 1.94. The smallest absolute Gasteiger partial charge is 0.329 e. The number of urea groups is 1. The van der Waals surface area contributed by atoms with Crippen molar-refractivity contribution in [1.82, 2.24) is 20.1 Å². The van der Waals surface area contributed by atoms with E-state index in [0.717, 1.165) is 0 Å². The Balaban J connectivity index is 2.05. The van der Waals surface area contributed by atoms with E-state index < -0.39 is 18.0 Å². The van der Waals surface area contributed by atoms with E-state index in [1.807, 2.05) is 0 Å². The van der Waals surface area contributed by atoms with Crippen LogP contribution in [0.15, 0.2) is 30.7 Å². The minimum atomic E-state index is -4.27. The molecule has 25 heavy (non-hydrogen) atoms. The molecule has 0 saturated carbocycles. The number of carbonyl (C=O) groups excluding carboxylic acids is 1. The molecule has 2 amide bonds. The van der Waals surface area contributed by atoms with Crippen LogP contribution >= 0.6 is 23.4 Å². The molecule has 2 rings (SSSR count). The van der Waals surface area contributed by atoms with E-state index in [-0.39, 0.29) is 17.6 Å². The van der Waals surface area contributed by atoms with Crippen LogP contribution in [-0.2, 0) is 0 Å². The van der Waals surface area contributed by atoms with Crippen LogP contribution in [0.4, 0.5) is 23.7 Å². The number of anilines is 1. The van der Waals surface area contributed by atoms with Gasteiger partial charge in [0.05, 0.1) is 29.7 Å². The van der Waals surface area contributed by atoms with Crippen LogP contribution in [0.2, 0.25) is 5.15 Å².